The molecule has 0 aliphatic rings. The lowest BCUT2D eigenvalue weighted by Crippen LogP contribution is -2.44. The van der Waals surface area contributed by atoms with Crippen molar-refractivity contribution in [3.8, 4) is 0 Å². The summed E-state index contributed by atoms with van der Waals surface area (Å²) in [7, 11) is 3.40. The lowest BCUT2D eigenvalue weighted by atomic mass is 9.84. The van der Waals surface area contributed by atoms with Crippen molar-refractivity contribution in [3.63, 3.8) is 0 Å². The Morgan fingerprint density at radius 1 is 1.31 bits per heavy atom. The number of halogens is 3. The van der Waals surface area contributed by atoms with Crippen LogP contribution < -0.4 is 10.6 Å². The van der Waals surface area contributed by atoms with Gasteiger partial charge >= 0.3 is 0 Å². The summed E-state index contributed by atoms with van der Waals surface area (Å²) in [6.07, 6.45) is 0.940. The maximum absolute atomic E-state index is 13.3. The third-order valence-corrected chi connectivity index (χ3v) is 4.08. The van der Waals surface area contributed by atoms with Gasteiger partial charge in [-0.2, -0.15) is 0 Å². The Labute approximate surface area is 177 Å². The largest absolute Gasteiger partial charge is 0.356 e. The Balaban J connectivity index is 0.00000625. The summed E-state index contributed by atoms with van der Waals surface area (Å²) in [5.41, 5.74) is 0.507. The van der Waals surface area contributed by atoms with Gasteiger partial charge in [-0.3, -0.25) is 4.79 Å². The third-order valence-electron chi connectivity index (χ3n) is 3.77. The summed E-state index contributed by atoms with van der Waals surface area (Å²) < 4.78 is 13.3. The molecule has 26 heavy (non-hydrogen) atoms. The highest BCUT2D eigenvalue weighted by atomic mass is 127. The zero-order valence-electron chi connectivity index (χ0n) is 16.0. The van der Waals surface area contributed by atoms with Gasteiger partial charge in [-0.15, -0.1) is 24.0 Å². The van der Waals surface area contributed by atoms with Crippen molar-refractivity contribution in [3.05, 3.63) is 34.6 Å². The number of nitrogens with one attached hydrogen (secondary N) is 2. The molecule has 2 N–H and O–H groups in total. The first kappa shape index (κ1) is 24.9. The number of amides is 1. The van der Waals surface area contributed by atoms with Crippen LogP contribution in [0.2, 0.25) is 5.02 Å². The number of likely N-dealkylation sites (N-methyl/N-ethyl adjacent to an activating group) is 1. The van der Waals surface area contributed by atoms with Gasteiger partial charge in [0, 0.05) is 37.6 Å². The number of nitrogens with zero attached hydrogens (tertiary/aromatic N) is 2. The molecule has 5 nitrogen and oxygen atoms in total. The van der Waals surface area contributed by atoms with Gasteiger partial charge in [0.1, 0.15) is 12.4 Å². The fourth-order valence-electron chi connectivity index (χ4n) is 2.14. The highest BCUT2D eigenvalue weighted by molar-refractivity contribution is 14.0. The average molecular weight is 499 g/mol. The number of benzene rings is 1. The van der Waals surface area contributed by atoms with Crippen LogP contribution in [0.15, 0.2) is 23.2 Å². The van der Waals surface area contributed by atoms with E-state index >= 15 is 0 Å². The van der Waals surface area contributed by atoms with Crippen molar-refractivity contribution in [1.82, 2.24) is 15.5 Å². The fraction of sp³-hybridized carbons (Fsp3) is 0.556. The molecule has 148 valence electrons. The van der Waals surface area contributed by atoms with Crippen LogP contribution in [0, 0.1) is 5.82 Å². The summed E-state index contributed by atoms with van der Waals surface area (Å²) in [6.45, 7) is 7.44. The van der Waals surface area contributed by atoms with Crippen LogP contribution in [-0.4, -0.2) is 50.5 Å². The highest BCUT2D eigenvalue weighted by Crippen LogP contribution is 2.29. The molecule has 0 aliphatic carbocycles. The number of hydrogen-bond acceptors (Lipinski definition) is 2. The smallest absolute Gasteiger partial charge is 0.243 e. The molecule has 1 rings (SSSR count). The molecule has 0 aliphatic heterocycles. The van der Waals surface area contributed by atoms with Crippen LogP contribution in [-0.2, 0) is 10.2 Å². The fourth-order valence-corrected chi connectivity index (χ4v) is 2.57. The van der Waals surface area contributed by atoms with Crippen molar-refractivity contribution in [2.45, 2.75) is 32.6 Å². The SMILES string of the molecule is CCCNC(=NCC(=O)N(C)C)NCC(C)(C)c1ccc(F)cc1Cl.I. The van der Waals surface area contributed by atoms with E-state index < -0.39 is 0 Å². The first-order valence-electron chi connectivity index (χ1n) is 8.35. The molecular weight excluding hydrogens is 470 g/mol. The van der Waals surface area contributed by atoms with Crippen LogP contribution in [0.3, 0.4) is 0 Å². The van der Waals surface area contributed by atoms with E-state index in [0.717, 1.165) is 18.5 Å². The lowest BCUT2D eigenvalue weighted by molar-refractivity contribution is -0.127. The maximum Gasteiger partial charge on any atom is 0.243 e. The van der Waals surface area contributed by atoms with Gasteiger partial charge in [0.05, 0.1) is 0 Å². The molecule has 0 aromatic heterocycles. The highest BCUT2D eigenvalue weighted by Gasteiger charge is 2.24. The summed E-state index contributed by atoms with van der Waals surface area (Å²) in [5, 5.41) is 6.83. The molecule has 0 saturated heterocycles. The van der Waals surface area contributed by atoms with Crippen LogP contribution in [0.1, 0.15) is 32.8 Å². The Kier molecular flexibility index (Phi) is 11.1. The minimum Gasteiger partial charge on any atom is -0.356 e. The molecule has 0 atom stereocenters. The number of carbonyl (C=O) groups is 1. The normalized spacial score (nSPS) is 11.6. The quantitative estimate of drug-likeness (QED) is 0.344. The van der Waals surface area contributed by atoms with Gasteiger partial charge in [-0.05, 0) is 24.1 Å². The lowest BCUT2D eigenvalue weighted by Gasteiger charge is -2.28. The third kappa shape index (κ3) is 8.07. The van der Waals surface area contributed by atoms with E-state index in [1.807, 2.05) is 13.8 Å². The Hall–Kier alpha value is -1.09. The molecule has 1 amide bonds. The second-order valence-electron chi connectivity index (χ2n) is 6.74. The predicted molar refractivity (Wildman–Crippen MR) is 117 cm³/mol. The molecule has 0 saturated carbocycles. The van der Waals surface area contributed by atoms with E-state index in [1.165, 1.54) is 17.0 Å². The van der Waals surface area contributed by atoms with Gasteiger partial charge in [0.2, 0.25) is 5.91 Å². The molecule has 0 bridgehead atoms. The molecule has 0 fully saturated rings. The van der Waals surface area contributed by atoms with Crippen molar-refractivity contribution in [2.24, 2.45) is 4.99 Å². The number of rotatable bonds is 7. The molecule has 0 radical (unpaired) electrons. The Morgan fingerprint density at radius 2 is 1.96 bits per heavy atom. The molecule has 1 aromatic rings. The van der Waals surface area contributed by atoms with E-state index in [0.29, 0.717) is 17.5 Å². The summed E-state index contributed by atoms with van der Waals surface area (Å²) in [6, 6.07) is 4.42. The minimum atomic E-state index is -0.355. The minimum absolute atomic E-state index is 0. The number of carbonyl (C=O) groups excluding carboxylic acids is 1. The molecular formula is C18H29ClFIN4O. The van der Waals surface area contributed by atoms with Crippen molar-refractivity contribution in [1.29, 1.82) is 0 Å². The number of aliphatic imine (C=N–C) groups is 1. The number of guanidine groups is 1. The molecule has 1 aromatic carbocycles. The van der Waals surface area contributed by atoms with Crippen LogP contribution in [0.4, 0.5) is 4.39 Å². The van der Waals surface area contributed by atoms with E-state index in [9.17, 15) is 9.18 Å². The standard InChI is InChI=1S/C18H28ClFN4O.HI/c1-6-9-21-17(22-11-16(25)24(4)5)23-12-18(2,3)14-8-7-13(20)10-15(14)19;/h7-8,10H,6,9,11-12H2,1-5H3,(H2,21,22,23);1H. The van der Waals surface area contributed by atoms with Gasteiger partial charge in [0.15, 0.2) is 5.96 Å². The molecule has 8 heteroatoms. The monoisotopic (exact) mass is 498 g/mol. The van der Waals surface area contributed by atoms with Crippen LogP contribution in [0.25, 0.3) is 0 Å². The first-order chi connectivity index (χ1) is 11.7. The van der Waals surface area contributed by atoms with E-state index in [4.69, 9.17) is 11.6 Å². The second-order valence-corrected chi connectivity index (χ2v) is 7.15. The maximum atomic E-state index is 13.3. The van der Waals surface area contributed by atoms with Gasteiger partial charge in [-0.1, -0.05) is 38.4 Å². The first-order valence-corrected chi connectivity index (χ1v) is 8.73. The summed E-state index contributed by atoms with van der Waals surface area (Å²) in [4.78, 5) is 17.6. The summed E-state index contributed by atoms with van der Waals surface area (Å²) >= 11 is 6.19. The van der Waals surface area contributed by atoms with Crippen molar-refractivity contribution < 1.29 is 9.18 Å². The van der Waals surface area contributed by atoms with Gasteiger partial charge < -0.3 is 15.5 Å². The van der Waals surface area contributed by atoms with Gasteiger partial charge in [-0.25, -0.2) is 9.38 Å². The molecule has 0 spiro atoms. The van der Waals surface area contributed by atoms with Crippen LogP contribution in [0.5, 0.6) is 0 Å². The van der Waals surface area contributed by atoms with E-state index in [-0.39, 0.29) is 47.7 Å². The molecule has 0 heterocycles. The topological polar surface area (TPSA) is 56.7 Å². The average Bonchev–Trinajstić information content (AvgIpc) is 2.53. The van der Waals surface area contributed by atoms with Gasteiger partial charge in [0.25, 0.3) is 0 Å². The van der Waals surface area contributed by atoms with Crippen molar-refractivity contribution >= 4 is 47.4 Å². The molecule has 0 unspecified atom stereocenters. The van der Waals surface area contributed by atoms with Crippen LogP contribution >= 0.6 is 35.6 Å². The second kappa shape index (κ2) is 11.6. The zero-order chi connectivity index (χ0) is 19.0. The van der Waals surface area contributed by atoms with Crippen molar-refractivity contribution in [2.75, 3.05) is 33.7 Å². The Bertz CT molecular complexity index is 623. The van der Waals surface area contributed by atoms with E-state index in [2.05, 4.69) is 22.5 Å². The van der Waals surface area contributed by atoms with E-state index in [1.54, 1.807) is 20.2 Å². The zero-order valence-corrected chi connectivity index (χ0v) is 19.1. The predicted octanol–water partition coefficient (Wildman–Crippen LogP) is 3.41. The summed E-state index contributed by atoms with van der Waals surface area (Å²) in [5.74, 6) is 0.147. The Morgan fingerprint density at radius 3 is 2.50 bits per heavy atom. The number of hydrogen-bond donors (Lipinski definition) is 2.